The molecule has 2 aliphatic rings. The van der Waals surface area contributed by atoms with Crippen LogP contribution in [0.25, 0.3) is 44.8 Å². The Labute approximate surface area is 381 Å². The van der Waals surface area contributed by atoms with E-state index in [4.69, 9.17) is 15.6 Å². The molecule has 0 aliphatic heterocycles. The number of rotatable bonds is 19. The van der Waals surface area contributed by atoms with Gasteiger partial charge in [0.25, 0.3) is 0 Å². The number of nitrogens with two attached hydrogens (primary N) is 2. The molecule has 7 heteroatoms. The Balaban J connectivity index is 0.000000538. The van der Waals surface area contributed by atoms with Crippen LogP contribution in [0, 0.1) is 5.92 Å². The quantitative estimate of drug-likeness (QED) is 0.0721. The van der Waals surface area contributed by atoms with Gasteiger partial charge in [0.15, 0.2) is 0 Å². The number of fused-ring (bicyclic) bond motifs is 1. The molecule has 0 atom stereocenters. The van der Waals surface area contributed by atoms with Crippen LogP contribution in [0.5, 0.6) is 0 Å². The van der Waals surface area contributed by atoms with Crippen molar-refractivity contribution >= 4 is 33.6 Å². The van der Waals surface area contributed by atoms with E-state index in [0.29, 0.717) is 11.8 Å². The van der Waals surface area contributed by atoms with Crippen molar-refractivity contribution in [1.29, 1.82) is 0 Å². The minimum Gasteiger partial charge on any atom is -0.399 e. The van der Waals surface area contributed by atoms with E-state index in [1.54, 1.807) is 0 Å². The summed E-state index contributed by atoms with van der Waals surface area (Å²) in [6, 6.07) is 31.6. The van der Waals surface area contributed by atoms with Crippen molar-refractivity contribution in [3.05, 3.63) is 145 Å². The third-order valence-corrected chi connectivity index (χ3v) is 11.5. The summed E-state index contributed by atoms with van der Waals surface area (Å²) in [6.45, 7) is 36.0. The number of ether oxygens (including phenoxy) is 1. The fourth-order valence-electron chi connectivity index (χ4n) is 7.79. The van der Waals surface area contributed by atoms with Crippen LogP contribution in [0.4, 0.5) is 5.69 Å². The highest BCUT2D eigenvalue weighted by Crippen LogP contribution is 2.33. The van der Waals surface area contributed by atoms with Gasteiger partial charge in [-0.25, -0.2) is 4.68 Å². The number of nitrogens with one attached hydrogen (secondary N) is 1. The predicted octanol–water partition coefficient (Wildman–Crippen LogP) is 13.0. The molecule has 5 aromatic rings. The van der Waals surface area contributed by atoms with Gasteiger partial charge in [0, 0.05) is 72.3 Å². The molecule has 2 saturated carbocycles. The first-order chi connectivity index (χ1) is 30.6. The largest absolute Gasteiger partial charge is 0.399 e. The molecule has 0 amide bonds. The van der Waals surface area contributed by atoms with Crippen molar-refractivity contribution in [2.75, 3.05) is 26.2 Å². The van der Waals surface area contributed by atoms with Crippen molar-refractivity contribution in [3.8, 4) is 16.9 Å². The zero-order chi connectivity index (χ0) is 45.7. The average molecular weight is 852 g/mol. The first kappa shape index (κ1) is 50.3. The fraction of sp³-hybridized carbons (Fsp3) is 0.411. The Hall–Kier alpha value is -5.37. The van der Waals surface area contributed by atoms with Crippen LogP contribution < -0.4 is 16.4 Å². The lowest BCUT2D eigenvalue weighted by Crippen LogP contribution is -2.77. The number of hydrogen-bond donors (Lipinski definition) is 3. The monoisotopic (exact) mass is 852 g/mol. The topological polar surface area (TPSA) is 85.0 Å². The van der Waals surface area contributed by atoms with E-state index in [0.717, 1.165) is 107 Å². The van der Waals surface area contributed by atoms with Gasteiger partial charge in [-0.3, -0.25) is 0 Å². The molecule has 0 bridgehead atoms. The Bertz CT molecular complexity index is 2190. The van der Waals surface area contributed by atoms with E-state index in [1.807, 2.05) is 50.6 Å². The molecular formula is C56H79N6O+. The number of quaternary nitrogens is 1. The molecular weight excluding hydrogens is 773 g/mol. The molecule has 7 nitrogen and oxygen atoms in total. The molecule has 4 aromatic carbocycles. The van der Waals surface area contributed by atoms with Crippen molar-refractivity contribution in [2.45, 2.75) is 119 Å². The van der Waals surface area contributed by atoms with Crippen molar-refractivity contribution in [2.24, 2.45) is 11.7 Å². The summed E-state index contributed by atoms with van der Waals surface area (Å²) < 4.78 is 7.64. The van der Waals surface area contributed by atoms with Crippen LogP contribution >= 0.6 is 0 Å². The molecule has 0 radical (unpaired) electrons. The first-order valence-electron chi connectivity index (χ1n) is 23.9. The molecule has 338 valence electrons. The molecule has 63 heavy (non-hydrogen) atoms. The van der Waals surface area contributed by atoms with E-state index >= 15 is 0 Å². The maximum atomic E-state index is 5.89. The van der Waals surface area contributed by atoms with Crippen molar-refractivity contribution < 1.29 is 10.1 Å². The van der Waals surface area contributed by atoms with E-state index in [-0.39, 0.29) is 0 Å². The second-order valence-electron chi connectivity index (χ2n) is 16.4. The molecule has 0 saturated heterocycles. The summed E-state index contributed by atoms with van der Waals surface area (Å²) in [5.41, 5.74) is 19.4. The summed E-state index contributed by atoms with van der Waals surface area (Å²) in [5.74, 6) is 0.770. The average Bonchev–Trinajstić information content (AvgIpc) is 4.07. The number of allylic oxidation sites excluding steroid dienone is 1. The van der Waals surface area contributed by atoms with Gasteiger partial charge in [-0.1, -0.05) is 153 Å². The van der Waals surface area contributed by atoms with Crippen molar-refractivity contribution in [3.63, 3.8) is 0 Å². The zero-order valence-electron chi connectivity index (χ0n) is 39.9. The number of benzene rings is 4. The van der Waals surface area contributed by atoms with Crippen LogP contribution in [0.2, 0.25) is 0 Å². The summed E-state index contributed by atoms with van der Waals surface area (Å²) in [4.78, 5) is 2.49. The molecule has 7 rings (SSSR count). The number of para-hydroxylation sites is 1. The minimum absolute atomic E-state index is 0.555. The Morgan fingerprint density at radius 1 is 0.825 bits per heavy atom. The Kier molecular flexibility index (Phi) is 21.0. The lowest BCUT2D eigenvalue weighted by molar-refractivity contribution is -0.568. The van der Waals surface area contributed by atoms with E-state index in [1.165, 1.54) is 61.8 Å². The normalized spacial score (nSPS) is 13.3. The van der Waals surface area contributed by atoms with Gasteiger partial charge >= 0.3 is 0 Å². The van der Waals surface area contributed by atoms with Gasteiger partial charge in [0.2, 0.25) is 0 Å². The second kappa shape index (κ2) is 26.3. The Morgan fingerprint density at radius 2 is 1.48 bits per heavy atom. The molecule has 2 fully saturated rings. The van der Waals surface area contributed by atoms with Gasteiger partial charge in [0.1, 0.15) is 11.4 Å². The van der Waals surface area contributed by atoms with E-state index < -0.39 is 0 Å². The molecule has 0 unspecified atom stereocenters. The highest BCUT2D eigenvalue weighted by molar-refractivity contribution is 5.94. The Morgan fingerprint density at radius 3 is 2.10 bits per heavy atom. The lowest BCUT2D eigenvalue weighted by Gasteiger charge is -2.28. The standard InChI is InChI=1S/C43H48N6.C9H18O.2C2H6/c1-7-45-41-26-37(29(2)3)18-19-38(41)28-48(27-33-12-13-33)30(4)24-25-46-32(6)35-20-22-39(23-21-35)49-42-11-9-8-10-40(42)43(47-49)36-16-14-34(15-17-36)31(5)44;1-2-8-10-9-6-4-3-5-7-9;2*1-2/h8-11,14-23,26,33,45-46H,2,4-7,12-13,24-25,27-28,44H2,1,3H3;9H,2-8H2,1H3;2*1-2H3/p+1. The number of nitrogens with zero attached hydrogens (tertiary/aromatic N) is 3. The van der Waals surface area contributed by atoms with Gasteiger partial charge in [-0.05, 0) is 86.8 Å². The van der Waals surface area contributed by atoms with Crippen LogP contribution in [0.3, 0.4) is 0 Å². The van der Waals surface area contributed by atoms with Gasteiger partial charge in [-0.2, -0.15) is 5.10 Å². The summed E-state index contributed by atoms with van der Waals surface area (Å²) in [5, 5.41) is 12.0. The zero-order valence-corrected chi connectivity index (χ0v) is 39.9. The lowest BCUT2D eigenvalue weighted by atomic mass is 9.98. The highest BCUT2D eigenvalue weighted by Gasteiger charge is 2.26. The second-order valence-corrected chi connectivity index (χ2v) is 16.4. The summed E-state index contributed by atoms with van der Waals surface area (Å²) >= 11 is 0. The smallest absolute Gasteiger partial charge is 0.135 e. The van der Waals surface area contributed by atoms with E-state index in [9.17, 15) is 0 Å². The van der Waals surface area contributed by atoms with Crippen LogP contribution in [0.1, 0.15) is 129 Å². The van der Waals surface area contributed by atoms with Gasteiger partial charge < -0.3 is 26.0 Å². The molecule has 1 aromatic heterocycles. The molecule has 0 spiro atoms. The summed E-state index contributed by atoms with van der Waals surface area (Å²) in [6.07, 6.45) is 12.0. The van der Waals surface area contributed by atoms with Crippen LogP contribution in [-0.4, -0.2) is 47.0 Å². The maximum Gasteiger partial charge on any atom is 0.135 e. The SMILES string of the molecule is C=C(C)c1ccc(CN(CC2CC2)C(=C)CCNC(=C)c2ccc(-n3nc(-c4ccc(C(=C)N)cc4)c4ccccc43)cc2)c([NH2+]CC)c1.CC.CC.CCCOC1CCCCC1. The molecule has 5 N–H and O–H groups in total. The minimum atomic E-state index is 0.555. The summed E-state index contributed by atoms with van der Waals surface area (Å²) in [7, 11) is 0. The third kappa shape index (κ3) is 14.9. The van der Waals surface area contributed by atoms with Gasteiger partial charge in [0.05, 0.1) is 23.9 Å². The number of aromatic nitrogens is 2. The maximum absolute atomic E-state index is 5.89. The predicted molar refractivity (Wildman–Crippen MR) is 273 cm³/mol. The molecule has 1 heterocycles. The fourth-order valence-corrected chi connectivity index (χ4v) is 7.79. The van der Waals surface area contributed by atoms with Crippen molar-refractivity contribution in [1.82, 2.24) is 20.0 Å². The first-order valence-corrected chi connectivity index (χ1v) is 23.9. The highest BCUT2D eigenvalue weighted by atomic mass is 16.5. The van der Waals surface area contributed by atoms with Crippen LogP contribution in [-0.2, 0) is 11.3 Å². The van der Waals surface area contributed by atoms with Crippen LogP contribution in [0.15, 0.2) is 123 Å². The number of hydrogen-bond acceptors (Lipinski definition) is 5. The van der Waals surface area contributed by atoms with Gasteiger partial charge in [-0.15, -0.1) is 0 Å². The third-order valence-electron chi connectivity index (χ3n) is 11.5. The van der Waals surface area contributed by atoms with E-state index in [2.05, 4.69) is 135 Å². The molecule has 2 aliphatic carbocycles.